The van der Waals surface area contributed by atoms with Gasteiger partial charge in [-0.2, -0.15) is 0 Å². The summed E-state index contributed by atoms with van der Waals surface area (Å²) in [4.78, 5) is 24.1. The first kappa shape index (κ1) is 31.6. The Morgan fingerprint density at radius 2 is 1.85 bits per heavy atom. The Labute approximate surface area is 234 Å². The molecule has 39 heavy (non-hydrogen) atoms. The second kappa shape index (κ2) is 14.1. The first-order valence-electron chi connectivity index (χ1n) is 14.5. The van der Waals surface area contributed by atoms with Crippen LogP contribution in [0.25, 0.3) is 0 Å². The summed E-state index contributed by atoms with van der Waals surface area (Å²) in [5.74, 6) is -0.747. The number of benzene rings is 1. The quantitative estimate of drug-likeness (QED) is 0.0822. The fourth-order valence-electron chi connectivity index (χ4n) is 5.90. The van der Waals surface area contributed by atoms with E-state index in [1.165, 1.54) is 5.57 Å². The highest BCUT2D eigenvalue weighted by Crippen LogP contribution is 2.50. The van der Waals surface area contributed by atoms with Crippen LogP contribution in [0.3, 0.4) is 0 Å². The second-order valence-corrected chi connectivity index (χ2v) is 13.0. The number of hydrogen-bond acceptors (Lipinski definition) is 6. The van der Waals surface area contributed by atoms with Gasteiger partial charge in [0.1, 0.15) is 11.5 Å². The zero-order valence-electron chi connectivity index (χ0n) is 24.3. The predicted octanol–water partition coefficient (Wildman–Crippen LogP) is 8.15. The van der Waals surface area contributed by atoms with Crippen molar-refractivity contribution in [3.05, 3.63) is 47.1 Å². The van der Waals surface area contributed by atoms with Gasteiger partial charge in [0.15, 0.2) is 6.10 Å². The van der Waals surface area contributed by atoms with Gasteiger partial charge in [-0.25, -0.2) is 9.36 Å². The third kappa shape index (κ3) is 8.78. The summed E-state index contributed by atoms with van der Waals surface area (Å²) in [5.41, 5.74) is 3.64. The van der Waals surface area contributed by atoms with Crippen LogP contribution in [0.4, 0.5) is 0 Å². The summed E-state index contributed by atoms with van der Waals surface area (Å²) in [7, 11) is -4.49. The van der Waals surface area contributed by atoms with Crippen molar-refractivity contribution >= 4 is 13.8 Å². The van der Waals surface area contributed by atoms with Gasteiger partial charge in [0.2, 0.25) is 0 Å². The van der Waals surface area contributed by atoms with E-state index in [0.717, 1.165) is 62.5 Å². The maximum Gasteiger partial charge on any atom is 0.473 e. The van der Waals surface area contributed by atoms with Gasteiger partial charge < -0.3 is 14.7 Å². The van der Waals surface area contributed by atoms with Crippen LogP contribution in [0.1, 0.15) is 109 Å². The van der Waals surface area contributed by atoms with E-state index in [-0.39, 0.29) is 29.3 Å². The minimum Gasteiger partial charge on any atom is -0.507 e. The highest BCUT2D eigenvalue weighted by Gasteiger charge is 2.41. The number of rotatable bonds is 13. The number of phosphoric ester groups is 1. The molecule has 0 heterocycles. The molecular weight excluding hydrogens is 515 g/mol. The number of esters is 1. The number of hydrogen-bond donors (Lipinski definition) is 2. The average molecular weight is 563 g/mol. The minimum atomic E-state index is -4.49. The fourth-order valence-corrected chi connectivity index (χ4v) is 7.03. The molecule has 218 valence electrons. The van der Waals surface area contributed by atoms with Crippen molar-refractivity contribution in [2.45, 2.75) is 117 Å². The van der Waals surface area contributed by atoms with Crippen LogP contribution in [-0.4, -0.2) is 28.2 Å². The Balaban J connectivity index is 2.02. The molecule has 2 N–H and O–H groups in total. The Bertz CT molecular complexity index is 1090. The van der Waals surface area contributed by atoms with E-state index in [4.69, 9.17) is 13.8 Å². The number of ether oxygens (including phenoxy) is 1. The van der Waals surface area contributed by atoms with Crippen LogP contribution in [0, 0.1) is 11.8 Å². The Kier molecular flexibility index (Phi) is 11.4. The maximum absolute atomic E-state index is 13.7. The molecule has 0 radical (unpaired) electrons. The van der Waals surface area contributed by atoms with E-state index in [1.54, 1.807) is 19.9 Å². The molecule has 3 rings (SSSR count). The maximum atomic E-state index is 13.7. The van der Waals surface area contributed by atoms with Crippen LogP contribution in [0.5, 0.6) is 11.5 Å². The largest absolute Gasteiger partial charge is 0.507 e. The first-order valence-corrected chi connectivity index (χ1v) is 16.0. The highest BCUT2D eigenvalue weighted by atomic mass is 31.2. The molecule has 1 aromatic carbocycles. The predicted molar refractivity (Wildman–Crippen MR) is 154 cm³/mol. The van der Waals surface area contributed by atoms with Gasteiger partial charge in [-0.05, 0) is 95.8 Å². The lowest BCUT2D eigenvalue weighted by Gasteiger charge is -2.32. The molecule has 0 bridgehead atoms. The zero-order chi connectivity index (χ0) is 28.7. The van der Waals surface area contributed by atoms with Crippen LogP contribution in [0.2, 0.25) is 0 Å². The van der Waals surface area contributed by atoms with Crippen molar-refractivity contribution in [3.63, 3.8) is 0 Å². The lowest BCUT2D eigenvalue weighted by atomic mass is 9.73. The van der Waals surface area contributed by atoms with E-state index in [1.807, 2.05) is 13.0 Å². The summed E-state index contributed by atoms with van der Waals surface area (Å²) in [6.45, 7) is 13.7. The topological polar surface area (TPSA) is 102 Å². The normalized spacial score (nSPS) is 22.4. The third-order valence-corrected chi connectivity index (χ3v) is 9.01. The van der Waals surface area contributed by atoms with E-state index in [2.05, 4.69) is 26.5 Å². The summed E-state index contributed by atoms with van der Waals surface area (Å²) in [6.07, 6.45) is 9.18. The molecule has 0 aromatic heterocycles. The van der Waals surface area contributed by atoms with Crippen LogP contribution >= 0.6 is 7.82 Å². The van der Waals surface area contributed by atoms with Gasteiger partial charge >= 0.3 is 13.8 Å². The number of aryl methyl sites for hydroxylation is 1. The molecule has 8 heteroatoms. The summed E-state index contributed by atoms with van der Waals surface area (Å²) >= 11 is 0. The summed E-state index contributed by atoms with van der Waals surface area (Å²) in [6, 6.07) is 3.61. The number of phenolic OH excluding ortho intramolecular Hbond substituents is 1. The van der Waals surface area contributed by atoms with Gasteiger partial charge in [-0.15, -0.1) is 0 Å². The molecule has 1 fully saturated rings. The van der Waals surface area contributed by atoms with Crippen molar-refractivity contribution < 1.29 is 33.1 Å². The molecule has 1 aromatic rings. The number of phosphoric acid groups is 1. The highest BCUT2D eigenvalue weighted by molar-refractivity contribution is 7.47. The molecule has 1 saturated carbocycles. The molecule has 2 unspecified atom stereocenters. The SMILES string of the molecule is C=C(C)[C@@H]1CCC(C)=C[C@H]1c1c(O)cc(CCCCC)cc1OC(=O)C(OP(=O)(O)OC(C)C)C1CCCC1. The minimum absolute atomic E-state index is 0.0852. The summed E-state index contributed by atoms with van der Waals surface area (Å²) in [5, 5.41) is 11.3. The van der Waals surface area contributed by atoms with E-state index in [0.29, 0.717) is 18.4 Å². The molecule has 7 nitrogen and oxygen atoms in total. The lowest BCUT2D eigenvalue weighted by molar-refractivity contribution is -0.146. The van der Waals surface area contributed by atoms with E-state index >= 15 is 0 Å². The van der Waals surface area contributed by atoms with Crippen molar-refractivity contribution in [3.8, 4) is 11.5 Å². The van der Waals surface area contributed by atoms with Gasteiger partial charge in [0.25, 0.3) is 0 Å². The number of carbonyl (C=O) groups is 1. The van der Waals surface area contributed by atoms with Gasteiger partial charge in [-0.1, -0.05) is 56.4 Å². The molecule has 0 amide bonds. The monoisotopic (exact) mass is 562 g/mol. The van der Waals surface area contributed by atoms with Crippen molar-refractivity contribution in [1.29, 1.82) is 0 Å². The number of carbonyl (C=O) groups excluding carboxylic acids is 1. The smallest absolute Gasteiger partial charge is 0.473 e. The molecule has 0 aliphatic heterocycles. The van der Waals surface area contributed by atoms with Crippen LogP contribution < -0.4 is 4.74 Å². The van der Waals surface area contributed by atoms with Crippen molar-refractivity contribution in [2.24, 2.45) is 11.8 Å². The Hall–Kier alpha value is -1.92. The lowest BCUT2D eigenvalue weighted by Crippen LogP contribution is -2.35. The Morgan fingerprint density at radius 3 is 2.46 bits per heavy atom. The molecule has 0 spiro atoms. The zero-order valence-corrected chi connectivity index (χ0v) is 25.2. The molecule has 0 saturated heterocycles. The fraction of sp³-hybridized carbons (Fsp3) is 0.645. The van der Waals surface area contributed by atoms with Crippen molar-refractivity contribution in [2.75, 3.05) is 0 Å². The summed E-state index contributed by atoms with van der Waals surface area (Å²) < 4.78 is 29.4. The van der Waals surface area contributed by atoms with Crippen LogP contribution in [0.15, 0.2) is 35.9 Å². The molecular formula is C31H47O7P. The van der Waals surface area contributed by atoms with Gasteiger partial charge in [0.05, 0.1) is 6.10 Å². The third-order valence-electron chi connectivity index (χ3n) is 7.82. The van der Waals surface area contributed by atoms with E-state index < -0.39 is 26.0 Å². The first-order chi connectivity index (χ1) is 18.4. The van der Waals surface area contributed by atoms with Gasteiger partial charge in [-0.3, -0.25) is 9.05 Å². The molecule has 2 aliphatic rings. The van der Waals surface area contributed by atoms with E-state index in [9.17, 15) is 19.4 Å². The second-order valence-electron chi connectivity index (χ2n) is 11.6. The number of allylic oxidation sites excluding steroid dienone is 3. The standard InChI is InChI=1S/C31H47O7P/c1-7-8-9-12-23-18-27(32)29(26-17-22(6)15-16-25(26)20(2)3)28(19-23)36-31(33)30(24-13-10-11-14-24)38-39(34,35)37-21(4)5/h17-19,21,24-26,30,32H,2,7-16H2,1,3-6H3,(H,34,35)/t25-,26+,30?/m0/s1. The van der Waals surface area contributed by atoms with Crippen LogP contribution in [-0.2, 0) is 24.8 Å². The number of phenols is 1. The number of unbranched alkanes of at least 4 members (excludes halogenated alkanes) is 2. The Morgan fingerprint density at radius 1 is 1.15 bits per heavy atom. The molecule has 2 aliphatic carbocycles. The average Bonchev–Trinajstić information content (AvgIpc) is 3.36. The van der Waals surface area contributed by atoms with Gasteiger partial charge in [0, 0.05) is 11.5 Å². The molecule has 4 atom stereocenters. The van der Waals surface area contributed by atoms with Crippen molar-refractivity contribution in [1.82, 2.24) is 0 Å². The number of aromatic hydroxyl groups is 1.